The van der Waals surface area contributed by atoms with Gasteiger partial charge < -0.3 is 25.7 Å². The Labute approximate surface area is 225 Å². The topological polar surface area (TPSA) is 114 Å². The van der Waals surface area contributed by atoms with Crippen molar-refractivity contribution in [3.8, 4) is 5.75 Å². The van der Waals surface area contributed by atoms with Crippen LogP contribution < -0.4 is 16.2 Å². The standard InChI is InChI=1S/C31H40N2O5/c1-2-3-4-5-6-7-18-36-28-15-11-25(12-16-28)31(35)38-29-13-8-23(9-14-29)10-17-30(34)37-22-24-19-26(32)21-27(33)20-24/h2,8-10,13-14,17,19-21,25,28H,1,3-7,11-12,15-16,18,22,32-33H2/b17-10+. The van der Waals surface area contributed by atoms with Crippen molar-refractivity contribution in [2.75, 3.05) is 18.1 Å². The molecule has 2 aromatic carbocycles. The predicted octanol–water partition coefficient (Wildman–Crippen LogP) is 6.22. The maximum atomic E-state index is 12.6. The van der Waals surface area contributed by atoms with Crippen molar-refractivity contribution in [2.45, 2.75) is 70.5 Å². The quantitative estimate of drug-likeness (QED) is 0.0758. The first-order valence-electron chi connectivity index (χ1n) is 13.5. The van der Waals surface area contributed by atoms with Crippen LogP contribution in [-0.2, 0) is 25.7 Å². The fraction of sp³-hybridized carbons (Fsp3) is 0.419. The highest BCUT2D eigenvalue weighted by molar-refractivity contribution is 5.87. The minimum atomic E-state index is -0.482. The summed E-state index contributed by atoms with van der Waals surface area (Å²) in [7, 11) is 0. The van der Waals surface area contributed by atoms with Crippen LogP contribution in [0, 0.1) is 5.92 Å². The molecule has 1 aliphatic carbocycles. The Bertz CT molecular complexity index is 1050. The number of carbonyl (C=O) groups is 2. The normalized spacial score (nSPS) is 17.3. The van der Waals surface area contributed by atoms with Gasteiger partial charge in [-0.25, -0.2) is 4.79 Å². The number of esters is 2. The second-order valence-corrected chi connectivity index (χ2v) is 9.78. The number of unbranched alkanes of at least 4 members (excludes halogenated alkanes) is 4. The Morgan fingerprint density at radius 1 is 0.921 bits per heavy atom. The van der Waals surface area contributed by atoms with Gasteiger partial charge in [0.15, 0.2) is 0 Å². The molecule has 0 aromatic heterocycles. The van der Waals surface area contributed by atoms with Crippen molar-refractivity contribution in [3.63, 3.8) is 0 Å². The molecule has 7 heteroatoms. The maximum Gasteiger partial charge on any atom is 0.331 e. The molecule has 1 saturated carbocycles. The number of anilines is 2. The smallest absolute Gasteiger partial charge is 0.331 e. The fourth-order valence-corrected chi connectivity index (χ4v) is 4.50. The molecule has 0 atom stereocenters. The maximum absolute atomic E-state index is 12.6. The molecular formula is C31H40N2O5. The van der Waals surface area contributed by atoms with Crippen LogP contribution in [0.5, 0.6) is 5.75 Å². The minimum absolute atomic E-state index is 0.0811. The third kappa shape index (κ3) is 10.4. The molecule has 0 bridgehead atoms. The van der Waals surface area contributed by atoms with Crippen molar-refractivity contribution in [2.24, 2.45) is 5.92 Å². The van der Waals surface area contributed by atoms with E-state index < -0.39 is 5.97 Å². The van der Waals surface area contributed by atoms with Crippen LogP contribution >= 0.6 is 0 Å². The van der Waals surface area contributed by atoms with Gasteiger partial charge in [-0.2, -0.15) is 0 Å². The number of ether oxygens (including phenoxy) is 3. The number of nitrogen functional groups attached to an aromatic ring is 2. The first-order valence-corrected chi connectivity index (χ1v) is 13.5. The van der Waals surface area contributed by atoms with Gasteiger partial charge in [-0.05, 0) is 92.5 Å². The highest BCUT2D eigenvalue weighted by Crippen LogP contribution is 2.28. The molecule has 0 aliphatic heterocycles. The van der Waals surface area contributed by atoms with Gasteiger partial charge in [0.25, 0.3) is 0 Å². The molecule has 7 nitrogen and oxygen atoms in total. The lowest BCUT2D eigenvalue weighted by Crippen LogP contribution is -2.29. The van der Waals surface area contributed by atoms with Crippen LogP contribution in [0.4, 0.5) is 11.4 Å². The Hall–Kier alpha value is -3.58. The first-order chi connectivity index (χ1) is 18.4. The molecule has 2 aromatic rings. The molecule has 4 N–H and O–H groups in total. The summed E-state index contributed by atoms with van der Waals surface area (Å²) in [5, 5.41) is 0. The van der Waals surface area contributed by atoms with Crippen LogP contribution in [0.25, 0.3) is 6.08 Å². The highest BCUT2D eigenvalue weighted by atomic mass is 16.5. The fourth-order valence-electron chi connectivity index (χ4n) is 4.50. The van der Waals surface area contributed by atoms with Gasteiger partial charge >= 0.3 is 11.9 Å². The van der Waals surface area contributed by atoms with E-state index in [1.54, 1.807) is 48.5 Å². The molecule has 0 radical (unpaired) electrons. The average molecular weight is 521 g/mol. The SMILES string of the molecule is C=CCCCCCCOC1CCC(C(=O)Oc2ccc(/C=C/C(=O)OCc3cc(N)cc(N)c3)cc2)CC1. The lowest BCUT2D eigenvalue weighted by atomic mass is 9.87. The van der Waals surface area contributed by atoms with E-state index in [9.17, 15) is 9.59 Å². The summed E-state index contributed by atoms with van der Waals surface area (Å²) >= 11 is 0. The third-order valence-corrected chi connectivity index (χ3v) is 6.59. The Morgan fingerprint density at radius 2 is 1.61 bits per heavy atom. The van der Waals surface area contributed by atoms with E-state index in [2.05, 4.69) is 6.58 Å². The van der Waals surface area contributed by atoms with E-state index in [0.29, 0.717) is 17.1 Å². The molecule has 38 heavy (non-hydrogen) atoms. The molecule has 204 valence electrons. The largest absolute Gasteiger partial charge is 0.458 e. The van der Waals surface area contributed by atoms with Crippen molar-refractivity contribution in [3.05, 3.63) is 72.3 Å². The minimum Gasteiger partial charge on any atom is -0.458 e. The highest BCUT2D eigenvalue weighted by Gasteiger charge is 2.28. The Morgan fingerprint density at radius 3 is 2.29 bits per heavy atom. The Kier molecular flexibility index (Phi) is 11.9. The third-order valence-electron chi connectivity index (χ3n) is 6.59. The molecule has 0 saturated heterocycles. The molecule has 0 amide bonds. The summed E-state index contributed by atoms with van der Waals surface area (Å²) in [6.07, 6.45) is 14.3. The van der Waals surface area contributed by atoms with Crippen LogP contribution in [-0.4, -0.2) is 24.6 Å². The van der Waals surface area contributed by atoms with Crippen LogP contribution in [0.3, 0.4) is 0 Å². The number of benzene rings is 2. The van der Waals surface area contributed by atoms with E-state index in [4.69, 9.17) is 25.7 Å². The van der Waals surface area contributed by atoms with Gasteiger partial charge in [0.2, 0.25) is 0 Å². The zero-order valence-electron chi connectivity index (χ0n) is 22.1. The summed E-state index contributed by atoms with van der Waals surface area (Å²) in [6, 6.07) is 12.1. The lowest BCUT2D eigenvalue weighted by molar-refractivity contribution is -0.141. The summed E-state index contributed by atoms with van der Waals surface area (Å²) in [5.41, 5.74) is 14.1. The average Bonchev–Trinajstić information content (AvgIpc) is 2.91. The summed E-state index contributed by atoms with van der Waals surface area (Å²) in [6.45, 7) is 4.63. The van der Waals surface area contributed by atoms with E-state index in [-0.39, 0.29) is 24.6 Å². The number of rotatable bonds is 14. The van der Waals surface area contributed by atoms with Gasteiger partial charge in [-0.15, -0.1) is 6.58 Å². The van der Waals surface area contributed by atoms with Crippen molar-refractivity contribution < 1.29 is 23.8 Å². The van der Waals surface area contributed by atoms with Crippen LogP contribution in [0.1, 0.15) is 68.9 Å². The summed E-state index contributed by atoms with van der Waals surface area (Å²) in [4.78, 5) is 24.7. The van der Waals surface area contributed by atoms with Crippen LogP contribution in [0.2, 0.25) is 0 Å². The summed E-state index contributed by atoms with van der Waals surface area (Å²) < 4.78 is 16.9. The van der Waals surface area contributed by atoms with Gasteiger partial charge in [-0.3, -0.25) is 4.79 Å². The summed E-state index contributed by atoms with van der Waals surface area (Å²) in [5.74, 6) is -0.286. The van der Waals surface area contributed by atoms with E-state index >= 15 is 0 Å². The van der Waals surface area contributed by atoms with Crippen LogP contribution in [0.15, 0.2) is 61.2 Å². The zero-order chi connectivity index (χ0) is 27.2. The molecule has 0 unspecified atom stereocenters. The molecule has 1 aliphatic rings. The van der Waals surface area contributed by atoms with Gasteiger partial charge in [-0.1, -0.05) is 31.1 Å². The first kappa shape index (κ1) is 29.0. The van der Waals surface area contributed by atoms with Gasteiger partial charge in [0, 0.05) is 24.1 Å². The molecule has 0 spiro atoms. The molecule has 3 rings (SSSR count). The predicted molar refractivity (Wildman–Crippen MR) is 151 cm³/mol. The number of nitrogens with two attached hydrogens (primary N) is 2. The van der Waals surface area contributed by atoms with Gasteiger partial charge in [0.05, 0.1) is 12.0 Å². The van der Waals surface area contributed by atoms with E-state index in [0.717, 1.165) is 56.3 Å². The Balaban J connectivity index is 1.34. The van der Waals surface area contributed by atoms with Crippen molar-refractivity contribution in [1.29, 1.82) is 0 Å². The number of carbonyl (C=O) groups excluding carboxylic acids is 2. The molecular weight excluding hydrogens is 480 g/mol. The monoisotopic (exact) mass is 520 g/mol. The number of hydrogen-bond acceptors (Lipinski definition) is 7. The van der Waals surface area contributed by atoms with Crippen molar-refractivity contribution in [1.82, 2.24) is 0 Å². The van der Waals surface area contributed by atoms with E-state index in [1.165, 1.54) is 25.3 Å². The van der Waals surface area contributed by atoms with Crippen molar-refractivity contribution >= 4 is 29.4 Å². The second kappa shape index (κ2) is 15.6. The molecule has 1 fully saturated rings. The second-order valence-electron chi connectivity index (χ2n) is 9.78. The number of hydrogen-bond donors (Lipinski definition) is 2. The lowest BCUT2D eigenvalue weighted by Gasteiger charge is -2.27. The van der Waals surface area contributed by atoms with E-state index in [1.807, 2.05) is 6.08 Å². The molecule has 0 heterocycles. The van der Waals surface area contributed by atoms with Gasteiger partial charge in [0.1, 0.15) is 12.4 Å². The number of allylic oxidation sites excluding steroid dienone is 1. The zero-order valence-corrected chi connectivity index (χ0v) is 22.1.